The van der Waals surface area contributed by atoms with Gasteiger partial charge in [0.1, 0.15) is 0 Å². The van der Waals surface area contributed by atoms with Crippen LogP contribution in [-0.4, -0.2) is 42.7 Å². The van der Waals surface area contributed by atoms with Gasteiger partial charge in [-0.05, 0) is 43.2 Å². The highest BCUT2D eigenvalue weighted by Crippen LogP contribution is 2.23. The minimum Gasteiger partial charge on any atom is -0.368 e. The maximum atomic E-state index is 12.5. The largest absolute Gasteiger partial charge is 0.368 e. The van der Waals surface area contributed by atoms with E-state index in [0.29, 0.717) is 5.75 Å². The number of carbonyl (C=O) groups excluding carboxylic acids is 1. The third-order valence-electron chi connectivity index (χ3n) is 4.44. The van der Waals surface area contributed by atoms with E-state index in [2.05, 4.69) is 55.1 Å². The fourth-order valence-corrected chi connectivity index (χ4v) is 3.92. The summed E-state index contributed by atoms with van der Waals surface area (Å²) < 4.78 is 0. The van der Waals surface area contributed by atoms with Crippen LogP contribution in [-0.2, 0) is 4.79 Å². The highest BCUT2D eigenvalue weighted by molar-refractivity contribution is 8.00. The summed E-state index contributed by atoms with van der Waals surface area (Å²) in [6.45, 7) is 7.64. The van der Waals surface area contributed by atoms with Crippen molar-refractivity contribution in [2.75, 3.05) is 36.8 Å². The average Bonchev–Trinajstić information content (AvgIpc) is 2.61. The van der Waals surface area contributed by atoms with Crippen LogP contribution in [0.25, 0.3) is 0 Å². The number of amides is 1. The van der Waals surface area contributed by atoms with Crippen LogP contribution in [0.4, 0.5) is 5.69 Å². The Morgan fingerprint density at radius 3 is 2.46 bits per heavy atom. The van der Waals surface area contributed by atoms with Crippen molar-refractivity contribution in [3.05, 3.63) is 59.7 Å². The fourth-order valence-electron chi connectivity index (χ4n) is 2.99. The zero-order valence-electron chi connectivity index (χ0n) is 14.4. The smallest absolute Gasteiger partial charge is 0.233 e. The zero-order valence-corrected chi connectivity index (χ0v) is 15.2. The van der Waals surface area contributed by atoms with Gasteiger partial charge >= 0.3 is 0 Å². The molecule has 4 heteroatoms. The van der Waals surface area contributed by atoms with E-state index in [1.807, 2.05) is 17.0 Å². The first-order valence-electron chi connectivity index (χ1n) is 8.41. The highest BCUT2D eigenvalue weighted by Gasteiger charge is 2.21. The maximum Gasteiger partial charge on any atom is 0.233 e. The Balaban J connectivity index is 1.51. The SMILES string of the molecule is Cc1cccc(N2CCN(C(=O)CSc3ccccc3C)CC2)c1. The molecule has 3 rings (SSSR count). The van der Waals surface area contributed by atoms with Gasteiger partial charge in [0.2, 0.25) is 5.91 Å². The van der Waals surface area contributed by atoms with Gasteiger partial charge in [-0.15, -0.1) is 11.8 Å². The summed E-state index contributed by atoms with van der Waals surface area (Å²) in [5.41, 5.74) is 3.77. The topological polar surface area (TPSA) is 23.6 Å². The number of benzene rings is 2. The predicted molar refractivity (Wildman–Crippen MR) is 102 cm³/mol. The molecule has 126 valence electrons. The van der Waals surface area contributed by atoms with Crippen molar-refractivity contribution in [2.24, 2.45) is 0 Å². The first-order valence-corrected chi connectivity index (χ1v) is 9.40. The molecule has 0 unspecified atom stereocenters. The van der Waals surface area contributed by atoms with Crippen LogP contribution in [0.2, 0.25) is 0 Å². The number of piperazine rings is 1. The Labute approximate surface area is 148 Å². The Kier molecular flexibility index (Phi) is 5.46. The van der Waals surface area contributed by atoms with E-state index in [4.69, 9.17) is 0 Å². The Hall–Kier alpha value is -1.94. The van der Waals surface area contributed by atoms with Gasteiger partial charge in [0.15, 0.2) is 0 Å². The lowest BCUT2D eigenvalue weighted by atomic mass is 10.2. The van der Waals surface area contributed by atoms with Crippen molar-refractivity contribution in [2.45, 2.75) is 18.7 Å². The summed E-state index contributed by atoms with van der Waals surface area (Å²) in [6.07, 6.45) is 0. The van der Waals surface area contributed by atoms with Crippen LogP contribution >= 0.6 is 11.8 Å². The monoisotopic (exact) mass is 340 g/mol. The number of anilines is 1. The average molecular weight is 340 g/mol. The lowest BCUT2D eigenvalue weighted by Gasteiger charge is -2.36. The number of aryl methyl sites for hydroxylation is 2. The molecular formula is C20H24N2OS. The molecule has 1 aliphatic rings. The molecule has 0 N–H and O–H groups in total. The van der Waals surface area contributed by atoms with Crippen molar-refractivity contribution in [1.29, 1.82) is 0 Å². The highest BCUT2D eigenvalue weighted by atomic mass is 32.2. The summed E-state index contributed by atoms with van der Waals surface area (Å²) >= 11 is 1.64. The molecule has 0 spiro atoms. The minimum atomic E-state index is 0.243. The molecule has 1 heterocycles. The Morgan fingerprint density at radius 1 is 1.00 bits per heavy atom. The molecule has 24 heavy (non-hydrogen) atoms. The summed E-state index contributed by atoms with van der Waals surface area (Å²) in [5, 5.41) is 0. The molecule has 0 radical (unpaired) electrons. The van der Waals surface area contributed by atoms with Gasteiger partial charge in [-0.25, -0.2) is 0 Å². The van der Waals surface area contributed by atoms with Crippen molar-refractivity contribution in [1.82, 2.24) is 4.90 Å². The van der Waals surface area contributed by atoms with Crippen molar-refractivity contribution < 1.29 is 4.79 Å². The Bertz CT molecular complexity index is 708. The third-order valence-corrected chi connectivity index (χ3v) is 5.60. The van der Waals surface area contributed by atoms with E-state index in [-0.39, 0.29) is 5.91 Å². The van der Waals surface area contributed by atoms with Crippen LogP contribution in [0.3, 0.4) is 0 Å². The molecule has 1 amide bonds. The third kappa shape index (κ3) is 4.12. The van der Waals surface area contributed by atoms with Crippen LogP contribution in [0, 0.1) is 13.8 Å². The molecule has 0 aliphatic carbocycles. The maximum absolute atomic E-state index is 12.5. The number of hydrogen-bond acceptors (Lipinski definition) is 3. The zero-order chi connectivity index (χ0) is 16.9. The van der Waals surface area contributed by atoms with Gasteiger partial charge < -0.3 is 9.80 Å². The van der Waals surface area contributed by atoms with Crippen LogP contribution in [0.15, 0.2) is 53.4 Å². The summed E-state index contributed by atoms with van der Waals surface area (Å²) in [6, 6.07) is 16.8. The molecule has 0 aromatic heterocycles. The van der Waals surface area contributed by atoms with Gasteiger partial charge in [-0.3, -0.25) is 4.79 Å². The predicted octanol–water partition coefficient (Wildman–Crippen LogP) is 3.74. The second-order valence-corrected chi connectivity index (χ2v) is 7.28. The van der Waals surface area contributed by atoms with Gasteiger partial charge in [-0.1, -0.05) is 30.3 Å². The molecule has 1 aliphatic heterocycles. The second kappa shape index (κ2) is 7.75. The number of carbonyl (C=O) groups is 1. The van der Waals surface area contributed by atoms with Gasteiger partial charge in [0, 0.05) is 36.8 Å². The molecule has 3 nitrogen and oxygen atoms in total. The lowest BCUT2D eigenvalue weighted by Crippen LogP contribution is -2.49. The van der Waals surface area contributed by atoms with E-state index in [0.717, 1.165) is 26.2 Å². The quantitative estimate of drug-likeness (QED) is 0.792. The fraction of sp³-hybridized carbons (Fsp3) is 0.350. The number of thioether (sulfide) groups is 1. The van der Waals surface area contributed by atoms with E-state index in [1.54, 1.807) is 11.8 Å². The van der Waals surface area contributed by atoms with Gasteiger partial charge in [0.05, 0.1) is 5.75 Å². The van der Waals surface area contributed by atoms with E-state index >= 15 is 0 Å². The second-order valence-electron chi connectivity index (χ2n) is 6.26. The molecule has 0 saturated carbocycles. The standard InChI is InChI=1S/C20H24N2OS/c1-16-6-5-8-18(14-16)21-10-12-22(13-11-21)20(23)15-24-19-9-4-3-7-17(19)2/h3-9,14H,10-13,15H2,1-2H3. The number of rotatable bonds is 4. The lowest BCUT2D eigenvalue weighted by molar-refractivity contribution is -0.128. The van der Waals surface area contributed by atoms with Crippen molar-refractivity contribution >= 4 is 23.4 Å². The molecular weight excluding hydrogens is 316 g/mol. The van der Waals surface area contributed by atoms with Crippen LogP contribution < -0.4 is 4.90 Å². The normalized spacial score (nSPS) is 14.8. The summed E-state index contributed by atoms with van der Waals surface area (Å²) in [7, 11) is 0. The summed E-state index contributed by atoms with van der Waals surface area (Å²) in [4.78, 5) is 18.0. The van der Waals surface area contributed by atoms with Crippen LogP contribution in [0.1, 0.15) is 11.1 Å². The van der Waals surface area contributed by atoms with E-state index < -0.39 is 0 Å². The summed E-state index contributed by atoms with van der Waals surface area (Å²) in [5.74, 6) is 0.766. The molecule has 0 atom stereocenters. The number of nitrogens with zero attached hydrogens (tertiary/aromatic N) is 2. The van der Waals surface area contributed by atoms with E-state index in [9.17, 15) is 4.79 Å². The Morgan fingerprint density at radius 2 is 1.75 bits per heavy atom. The van der Waals surface area contributed by atoms with Crippen molar-refractivity contribution in [3.63, 3.8) is 0 Å². The molecule has 0 bridgehead atoms. The van der Waals surface area contributed by atoms with Crippen molar-refractivity contribution in [3.8, 4) is 0 Å². The van der Waals surface area contributed by atoms with Gasteiger partial charge in [0.25, 0.3) is 0 Å². The van der Waals surface area contributed by atoms with E-state index in [1.165, 1.54) is 21.7 Å². The molecule has 2 aromatic carbocycles. The molecule has 1 saturated heterocycles. The van der Waals surface area contributed by atoms with Gasteiger partial charge in [-0.2, -0.15) is 0 Å². The first kappa shape index (κ1) is 16.9. The first-order chi connectivity index (χ1) is 11.6. The van der Waals surface area contributed by atoms with Crippen LogP contribution in [0.5, 0.6) is 0 Å². The molecule has 2 aromatic rings. The number of hydrogen-bond donors (Lipinski definition) is 0. The minimum absolute atomic E-state index is 0.243. The molecule has 1 fully saturated rings.